The summed E-state index contributed by atoms with van der Waals surface area (Å²) in [6.07, 6.45) is 1.84. The molecule has 3 rings (SSSR count). The Morgan fingerprint density at radius 3 is 2.48 bits per heavy atom. The van der Waals surface area contributed by atoms with Crippen LogP contribution in [0.5, 0.6) is 0 Å². The second-order valence-corrected chi connectivity index (χ2v) is 7.73. The van der Waals surface area contributed by atoms with Gasteiger partial charge >= 0.3 is 5.97 Å². The Hall–Kier alpha value is -3.14. The molecule has 0 spiro atoms. The van der Waals surface area contributed by atoms with Crippen LogP contribution >= 0.6 is 0 Å². The van der Waals surface area contributed by atoms with Crippen molar-refractivity contribution in [2.45, 2.75) is 6.42 Å². The third-order valence-corrected chi connectivity index (χ3v) is 5.69. The summed E-state index contributed by atoms with van der Waals surface area (Å²) in [4.78, 5) is 35.3. The molecule has 0 unspecified atom stereocenters. The van der Waals surface area contributed by atoms with E-state index in [1.807, 2.05) is 5.32 Å². The molecule has 0 saturated carbocycles. The summed E-state index contributed by atoms with van der Waals surface area (Å²) in [5, 5.41) is 2.02. The summed E-state index contributed by atoms with van der Waals surface area (Å²) in [5.41, 5.74) is 0.617. The van der Waals surface area contributed by atoms with Gasteiger partial charge in [0.15, 0.2) is 12.4 Å². The van der Waals surface area contributed by atoms with E-state index in [-0.39, 0.29) is 17.1 Å². The number of hydrogen-bond donors (Lipinski definition) is 1. The number of carbonyl (C=O) groups is 3. The van der Waals surface area contributed by atoms with E-state index < -0.39 is 34.4 Å². The lowest BCUT2D eigenvalue weighted by atomic mass is 10.2. The van der Waals surface area contributed by atoms with Crippen molar-refractivity contribution in [3.8, 4) is 0 Å². The maximum atomic E-state index is 12.0. The first-order chi connectivity index (χ1) is 12.9. The molecule has 10 heteroatoms. The van der Waals surface area contributed by atoms with E-state index in [2.05, 4.69) is 0 Å². The molecule has 1 fully saturated rings. The molecule has 1 saturated heterocycles. The van der Waals surface area contributed by atoms with Crippen molar-refractivity contribution in [1.29, 1.82) is 0 Å². The van der Waals surface area contributed by atoms with Gasteiger partial charge in [-0.1, -0.05) is 0 Å². The van der Waals surface area contributed by atoms with E-state index in [1.54, 1.807) is 0 Å². The highest BCUT2D eigenvalue weighted by molar-refractivity contribution is 7.93. The maximum Gasteiger partial charge on any atom is 0.338 e. The number of nitrogens with zero attached hydrogens (tertiary/aromatic N) is 1. The topological polar surface area (TPSA) is 123 Å². The fraction of sp³-hybridized carbons (Fsp3) is 0.235. The Morgan fingerprint density at radius 2 is 1.89 bits per heavy atom. The van der Waals surface area contributed by atoms with Crippen molar-refractivity contribution >= 4 is 33.5 Å². The second-order valence-electron chi connectivity index (χ2n) is 5.72. The lowest BCUT2D eigenvalue weighted by Gasteiger charge is -2.16. The Bertz CT molecular complexity index is 950. The van der Waals surface area contributed by atoms with Crippen LogP contribution in [-0.4, -0.2) is 45.1 Å². The molecule has 2 aromatic rings. The number of hydrogen-bond acceptors (Lipinski definition) is 7. The first-order valence-corrected chi connectivity index (χ1v) is 9.63. The summed E-state index contributed by atoms with van der Waals surface area (Å²) < 4.78 is 34.8. The fourth-order valence-electron chi connectivity index (χ4n) is 2.54. The average molecular weight is 392 g/mol. The highest BCUT2D eigenvalue weighted by atomic mass is 32.2. The molecule has 1 aromatic carbocycles. The Labute approximate surface area is 155 Å². The quantitative estimate of drug-likeness (QED) is 0.751. The third kappa shape index (κ3) is 4.34. The zero-order chi connectivity index (χ0) is 19.4. The lowest BCUT2D eigenvalue weighted by molar-refractivity contribution is -0.123. The minimum absolute atomic E-state index is 0.0397. The lowest BCUT2D eigenvalue weighted by Crippen LogP contribution is -2.34. The Balaban J connectivity index is 1.54. The molecule has 1 aromatic heterocycles. The van der Waals surface area contributed by atoms with Crippen molar-refractivity contribution in [2.75, 3.05) is 23.2 Å². The van der Waals surface area contributed by atoms with Crippen LogP contribution in [0.2, 0.25) is 0 Å². The highest BCUT2D eigenvalue weighted by Crippen LogP contribution is 2.24. The van der Waals surface area contributed by atoms with Crippen LogP contribution in [-0.2, 0) is 19.6 Å². The first-order valence-electron chi connectivity index (χ1n) is 8.02. The van der Waals surface area contributed by atoms with Crippen LogP contribution < -0.4 is 9.62 Å². The zero-order valence-electron chi connectivity index (χ0n) is 14.1. The van der Waals surface area contributed by atoms with Crippen molar-refractivity contribution in [1.82, 2.24) is 5.32 Å². The Morgan fingerprint density at radius 1 is 1.15 bits per heavy atom. The van der Waals surface area contributed by atoms with Gasteiger partial charge in [-0.05, 0) is 42.8 Å². The minimum atomic E-state index is -3.30. The Kier molecular flexibility index (Phi) is 5.26. The zero-order valence-corrected chi connectivity index (χ0v) is 14.9. The smallest absolute Gasteiger partial charge is 0.338 e. The average Bonchev–Trinajstić information content (AvgIpc) is 3.29. The van der Waals surface area contributed by atoms with Crippen molar-refractivity contribution < 1.29 is 32.0 Å². The van der Waals surface area contributed by atoms with E-state index in [4.69, 9.17) is 9.15 Å². The molecule has 1 aliphatic heterocycles. The molecule has 0 radical (unpaired) electrons. The molecule has 142 valence electrons. The van der Waals surface area contributed by atoms with Gasteiger partial charge < -0.3 is 9.15 Å². The van der Waals surface area contributed by atoms with Gasteiger partial charge in [-0.25, -0.2) is 13.2 Å². The van der Waals surface area contributed by atoms with E-state index in [1.165, 1.54) is 47.0 Å². The number of nitrogens with one attached hydrogen (secondary N) is 1. The first kappa shape index (κ1) is 18.6. The maximum absolute atomic E-state index is 12.0. The van der Waals surface area contributed by atoms with Gasteiger partial charge in [0.1, 0.15) is 0 Å². The predicted molar refractivity (Wildman–Crippen MR) is 93.7 cm³/mol. The van der Waals surface area contributed by atoms with Gasteiger partial charge in [0.05, 0.1) is 23.3 Å². The molecule has 9 nitrogen and oxygen atoms in total. The number of esters is 1. The van der Waals surface area contributed by atoms with Gasteiger partial charge in [0.25, 0.3) is 11.8 Å². The predicted octanol–water partition coefficient (Wildman–Crippen LogP) is 0.933. The summed E-state index contributed by atoms with van der Waals surface area (Å²) >= 11 is 0. The molecule has 1 N–H and O–H groups in total. The van der Waals surface area contributed by atoms with Gasteiger partial charge in [-0.15, -0.1) is 0 Å². The molecular formula is C17H16N2O7S. The summed E-state index contributed by atoms with van der Waals surface area (Å²) in [6, 6.07) is 8.71. The van der Waals surface area contributed by atoms with Crippen LogP contribution in [0.3, 0.4) is 0 Å². The van der Waals surface area contributed by atoms with Crippen molar-refractivity contribution in [2.24, 2.45) is 0 Å². The molecule has 0 aliphatic carbocycles. The van der Waals surface area contributed by atoms with Gasteiger partial charge in [0, 0.05) is 6.54 Å². The number of amides is 2. The van der Waals surface area contributed by atoms with Gasteiger partial charge in [-0.3, -0.25) is 19.2 Å². The number of ether oxygens (including phenoxy) is 1. The van der Waals surface area contributed by atoms with Gasteiger partial charge in [-0.2, -0.15) is 0 Å². The van der Waals surface area contributed by atoms with Crippen LogP contribution in [0, 0.1) is 0 Å². The van der Waals surface area contributed by atoms with Gasteiger partial charge in [0.2, 0.25) is 10.0 Å². The molecule has 2 heterocycles. The van der Waals surface area contributed by atoms with Crippen LogP contribution in [0.15, 0.2) is 47.1 Å². The molecule has 0 bridgehead atoms. The summed E-state index contributed by atoms with van der Waals surface area (Å²) in [5.74, 6) is -2.25. The number of imide groups is 1. The van der Waals surface area contributed by atoms with E-state index >= 15 is 0 Å². The number of carbonyl (C=O) groups excluding carboxylic acids is 3. The van der Waals surface area contributed by atoms with E-state index in [9.17, 15) is 22.8 Å². The third-order valence-electron chi connectivity index (χ3n) is 3.82. The number of benzene rings is 1. The summed E-state index contributed by atoms with van der Waals surface area (Å²) in [6.45, 7) is -0.246. The molecule has 27 heavy (non-hydrogen) atoms. The number of sulfonamides is 1. The number of furan rings is 1. The minimum Gasteiger partial charge on any atom is -0.459 e. The van der Waals surface area contributed by atoms with E-state index in [0.29, 0.717) is 18.7 Å². The van der Waals surface area contributed by atoms with Crippen LogP contribution in [0.25, 0.3) is 0 Å². The van der Waals surface area contributed by atoms with E-state index in [0.717, 1.165) is 0 Å². The monoisotopic (exact) mass is 392 g/mol. The number of anilines is 1. The SMILES string of the molecule is O=C(COC(=O)c1ccc(N2CCCS2(=O)=O)cc1)NC(=O)c1ccco1. The van der Waals surface area contributed by atoms with Crippen LogP contribution in [0.4, 0.5) is 5.69 Å². The normalized spacial score (nSPS) is 15.3. The van der Waals surface area contributed by atoms with Crippen molar-refractivity contribution in [3.63, 3.8) is 0 Å². The van der Waals surface area contributed by atoms with Crippen LogP contribution in [0.1, 0.15) is 27.3 Å². The summed E-state index contributed by atoms with van der Waals surface area (Å²) in [7, 11) is -3.30. The molecule has 1 aliphatic rings. The highest BCUT2D eigenvalue weighted by Gasteiger charge is 2.28. The molecular weight excluding hydrogens is 376 g/mol. The second kappa shape index (κ2) is 7.62. The largest absolute Gasteiger partial charge is 0.459 e. The standard InChI is InChI=1S/C17H16N2O7S/c20-15(18-16(21)14-3-1-9-25-14)11-26-17(22)12-4-6-13(7-5-12)19-8-2-10-27(19,23)24/h1,3-7,9H,2,8,10-11H2,(H,18,20,21). The molecule has 2 amide bonds. The molecule has 0 atom stereocenters. The number of rotatable bonds is 5. The fourth-order valence-corrected chi connectivity index (χ4v) is 4.10. The van der Waals surface area contributed by atoms with Crippen molar-refractivity contribution in [3.05, 3.63) is 54.0 Å².